The Balaban J connectivity index is 1.43. The number of benzene rings is 1. The smallest absolute Gasteiger partial charge is 0.122 e. The first kappa shape index (κ1) is 15.3. The highest BCUT2D eigenvalue weighted by Gasteiger charge is 2.43. The van der Waals surface area contributed by atoms with Gasteiger partial charge in [-0.05, 0) is 81.1 Å². The number of ether oxygens (including phenoxy) is 2. The number of nitrogens with zero attached hydrogens (tertiary/aromatic N) is 1. The minimum absolute atomic E-state index is 0.606. The van der Waals surface area contributed by atoms with Crippen molar-refractivity contribution in [1.29, 1.82) is 0 Å². The van der Waals surface area contributed by atoms with Gasteiger partial charge in [-0.3, -0.25) is 0 Å². The first-order valence-electron chi connectivity index (χ1n) is 9.24. The second-order valence-corrected chi connectivity index (χ2v) is 7.66. The van der Waals surface area contributed by atoms with Crippen molar-refractivity contribution in [1.82, 2.24) is 4.90 Å². The highest BCUT2D eigenvalue weighted by molar-refractivity contribution is 5.42. The van der Waals surface area contributed by atoms with Gasteiger partial charge in [-0.15, -0.1) is 0 Å². The van der Waals surface area contributed by atoms with E-state index in [0.717, 1.165) is 29.4 Å². The van der Waals surface area contributed by atoms with E-state index in [4.69, 9.17) is 9.47 Å². The number of hydrogen-bond acceptors (Lipinski definition) is 3. The lowest BCUT2D eigenvalue weighted by Crippen LogP contribution is -2.43. The molecule has 0 aromatic heterocycles. The minimum Gasteiger partial charge on any atom is -0.497 e. The first-order chi connectivity index (χ1) is 11.3. The number of piperidine rings is 1. The molecule has 2 bridgehead atoms. The van der Waals surface area contributed by atoms with Gasteiger partial charge in [0, 0.05) is 11.6 Å². The third kappa shape index (κ3) is 2.84. The summed E-state index contributed by atoms with van der Waals surface area (Å²) < 4.78 is 11.0. The van der Waals surface area contributed by atoms with Gasteiger partial charge < -0.3 is 14.4 Å². The van der Waals surface area contributed by atoms with Crippen molar-refractivity contribution >= 4 is 0 Å². The van der Waals surface area contributed by atoms with E-state index in [-0.39, 0.29) is 0 Å². The van der Waals surface area contributed by atoms with Crippen LogP contribution in [0, 0.1) is 11.8 Å². The zero-order chi connectivity index (χ0) is 15.8. The summed E-state index contributed by atoms with van der Waals surface area (Å²) in [4.78, 5) is 2.80. The molecule has 3 unspecified atom stereocenters. The normalized spacial score (nSPS) is 31.5. The van der Waals surface area contributed by atoms with Gasteiger partial charge >= 0.3 is 0 Å². The average molecular weight is 315 g/mol. The molecule has 4 rings (SSSR count). The fourth-order valence-electron chi connectivity index (χ4n) is 5.36. The summed E-state index contributed by atoms with van der Waals surface area (Å²) in [5, 5.41) is 0. The monoisotopic (exact) mass is 315 g/mol. The second kappa shape index (κ2) is 6.35. The molecule has 0 amide bonds. The summed E-state index contributed by atoms with van der Waals surface area (Å²) >= 11 is 0. The topological polar surface area (TPSA) is 21.7 Å². The van der Waals surface area contributed by atoms with Gasteiger partial charge in [0.25, 0.3) is 0 Å². The Bertz CT molecular complexity index is 551. The van der Waals surface area contributed by atoms with Crippen molar-refractivity contribution < 1.29 is 9.47 Å². The van der Waals surface area contributed by atoms with Gasteiger partial charge in [0.05, 0.1) is 14.2 Å². The number of likely N-dealkylation sites (tertiary alicyclic amines) is 1. The zero-order valence-electron chi connectivity index (χ0n) is 14.5. The van der Waals surface area contributed by atoms with Crippen LogP contribution in [0.1, 0.15) is 50.0 Å². The minimum atomic E-state index is 0.606. The van der Waals surface area contributed by atoms with Crippen LogP contribution in [-0.2, 0) is 0 Å². The maximum Gasteiger partial charge on any atom is 0.122 e. The van der Waals surface area contributed by atoms with E-state index in [1.54, 1.807) is 14.2 Å². The largest absolute Gasteiger partial charge is 0.497 e. The third-order valence-electron chi connectivity index (χ3n) is 6.58. The molecule has 1 aromatic rings. The predicted molar refractivity (Wildman–Crippen MR) is 92.3 cm³/mol. The van der Waals surface area contributed by atoms with Crippen LogP contribution < -0.4 is 9.47 Å². The highest BCUT2D eigenvalue weighted by atomic mass is 16.5. The van der Waals surface area contributed by atoms with Gasteiger partial charge in [-0.25, -0.2) is 0 Å². The van der Waals surface area contributed by atoms with Crippen LogP contribution in [0.5, 0.6) is 11.5 Å². The summed E-state index contributed by atoms with van der Waals surface area (Å²) in [7, 11) is 3.51. The molecule has 0 spiro atoms. The second-order valence-electron chi connectivity index (χ2n) is 7.66. The average Bonchev–Trinajstić information content (AvgIpc) is 3.24. The fourth-order valence-corrected chi connectivity index (χ4v) is 5.36. The molecule has 23 heavy (non-hydrogen) atoms. The van der Waals surface area contributed by atoms with Crippen molar-refractivity contribution in [3.8, 4) is 11.5 Å². The Hall–Kier alpha value is -1.22. The van der Waals surface area contributed by atoms with Gasteiger partial charge in [0.2, 0.25) is 0 Å². The molecule has 3 nitrogen and oxygen atoms in total. The summed E-state index contributed by atoms with van der Waals surface area (Å²) in [6.45, 7) is 2.50. The van der Waals surface area contributed by atoms with E-state index >= 15 is 0 Å². The lowest BCUT2D eigenvalue weighted by Gasteiger charge is -2.40. The standard InChI is InChI=1S/C20H29NO2/c1-22-17-5-6-20(23-2)18(13-17)15-7-9-21(10-8-15)19-12-14-3-4-16(19)11-14/h5-6,13-16,19H,3-4,7-12H2,1-2H3. The van der Waals surface area contributed by atoms with Crippen LogP contribution >= 0.6 is 0 Å². The number of rotatable bonds is 4. The Kier molecular flexibility index (Phi) is 4.23. The van der Waals surface area contributed by atoms with Crippen LogP contribution in [0.25, 0.3) is 0 Å². The van der Waals surface area contributed by atoms with Gasteiger partial charge in [-0.2, -0.15) is 0 Å². The molecule has 2 aliphatic carbocycles. The van der Waals surface area contributed by atoms with Crippen molar-refractivity contribution in [2.75, 3.05) is 27.3 Å². The molecule has 3 aliphatic rings. The van der Waals surface area contributed by atoms with Crippen LogP contribution in [0.15, 0.2) is 18.2 Å². The molecule has 0 N–H and O–H groups in total. The van der Waals surface area contributed by atoms with Crippen molar-refractivity contribution in [2.45, 2.75) is 50.5 Å². The Morgan fingerprint density at radius 2 is 1.78 bits per heavy atom. The molecule has 126 valence electrons. The quantitative estimate of drug-likeness (QED) is 0.836. The SMILES string of the molecule is COc1ccc(OC)c(C2CCN(C3CC4CCC3C4)CC2)c1. The lowest BCUT2D eigenvalue weighted by molar-refractivity contribution is 0.110. The number of fused-ring (bicyclic) bond motifs is 2. The predicted octanol–water partition coefficient (Wildman–Crippen LogP) is 4.07. The van der Waals surface area contributed by atoms with Crippen LogP contribution in [0.3, 0.4) is 0 Å². The zero-order valence-corrected chi connectivity index (χ0v) is 14.5. The van der Waals surface area contributed by atoms with E-state index < -0.39 is 0 Å². The molecule has 3 atom stereocenters. The fraction of sp³-hybridized carbons (Fsp3) is 0.700. The highest BCUT2D eigenvalue weighted by Crippen LogP contribution is 2.48. The van der Waals surface area contributed by atoms with Crippen molar-refractivity contribution in [3.05, 3.63) is 23.8 Å². The molecule has 3 heteroatoms. The van der Waals surface area contributed by atoms with Crippen LogP contribution in [0.2, 0.25) is 0 Å². The number of hydrogen-bond donors (Lipinski definition) is 0. The molecule has 2 saturated carbocycles. The summed E-state index contributed by atoms with van der Waals surface area (Å²) in [6.07, 6.45) is 8.46. The van der Waals surface area contributed by atoms with Crippen molar-refractivity contribution in [3.63, 3.8) is 0 Å². The summed E-state index contributed by atoms with van der Waals surface area (Å²) in [5.74, 6) is 4.61. The van der Waals surface area contributed by atoms with Gasteiger partial charge in [0.1, 0.15) is 11.5 Å². The van der Waals surface area contributed by atoms with Gasteiger partial charge in [0.15, 0.2) is 0 Å². The lowest BCUT2D eigenvalue weighted by atomic mass is 9.86. The van der Waals surface area contributed by atoms with E-state index in [1.165, 1.54) is 57.2 Å². The Morgan fingerprint density at radius 1 is 0.957 bits per heavy atom. The molecule has 0 radical (unpaired) electrons. The summed E-state index contributed by atoms with van der Waals surface area (Å²) in [5.41, 5.74) is 1.33. The number of methoxy groups -OCH3 is 2. The summed E-state index contributed by atoms with van der Waals surface area (Å²) in [6, 6.07) is 7.11. The van der Waals surface area contributed by atoms with E-state index in [0.29, 0.717) is 5.92 Å². The Morgan fingerprint density at radius 3 is 2.39 bits per heavy atom. The van der Waals surface area contributed by atoms with Crippen LogP contribution in [-0.4, -0.2) is 38.3 Å². The van der Waals surface area contributed by atoms with E-state index in [9.17, 15) is 0 Å². The Labute approximate surface area is 140 Å². The molecule has 1 saturated heterocycles. The molecular weight excluding hydrogens is 286 g/mol. The molecule has 1 heterocycles. The van der Waals surface area contributed by atoms with Crippen LogP contribution in [0.4, 0.5) is 0 Å². The maximum absolute atomic E-state index is 5.60. The van der Waals surface area contributed by atoms with Crippen molar-refractivity contribution in [2.24, 2.45) is 11.8 Å². The molecule has 3 fully saturated rings. The van der Waals surface area contributed by atoms with E-state index in [2.05, 4.69) is 17.0 Å². The van der Waals surface area contributed by atoms with Gasteiger partial charge in [-0.1, -0.05) is 6.42 Å². The molecule has 1 aliphatic heterocycles. The third-order valence-corrected chi connectivity index (χ3v) is 6.58. The maximum atomic E-state index is 5.60. The molecular formula is C20H29NO2. The first-order valence-corrected chi connectivity index (χ1v) is 9.24. The van der Waals surface area contributed by atoms with E-state index in [1.807, 2.05) is 6.07 Å². The molecule has 1 aromatic carbocycles.